The first-order chi connectivity index (χ1) is 22.3. The van der Waals surface area contributed by atoms with Gasteiger partial charge in [-0.15, -0.1) is 11.3 Å². The molecule has 0 amide bonds. The molecule has 0 fully saturated rings. The zero-order chi connectivity index (χ0) is 29.7. The molecule has 0 N–H and O–H groups in total. The Balaban J connectivity index is 1.38. The number of rotatable bonds is 4. The first kappa shape index (κ1) is 25.7. The van der Waals surface area contributed by atoms with Gasteiger partial charge < -0.3 is 0 Å². The van der Waals surface area contributed by atoms with Crippen LogP contribution in [0.2, 0.25) is 0 Å². The van der Waals surface area contributed by atoms with E-state index >= 15 is 0 Å². The van der Waals surface area contributed by atoms with Crippen LogP contribution in [0.5, 0.6) is 0 Å². The molecule has 0 saturated heterocycles. The highest BCUT2D eigenvalue weighted by molar-refractivity contribution is 7.26. The van der Waals surface area contributed by atoms with Gasteiger partial charge in [-0.1, -0.05) is 121 Å². The quantitative estimate of drug-likeness (QED) is 0.191. The van der Waals surface area contributed by atoms with Gasteiger partial charge in [-0.2, -0.15) is 0 Å². The minimum absolute atomic E-state index is 0.645. The highest BCUT2D eigenvalue weighted by atomic mass is 32.1. The van der Waals surface area contributed by atoms with Crippen LogP contribution >= 0.6 is 11.3 Å². The van der Waals surface area contributed by atoms with Gasteiger partial charge in [0.1, 0.15) is 0 Å². The van der Waals surface area contributed by atoms with E-state index in [0.29, 0.717) is 17.5 Å². The van der Waals surface area contributed by atoms with Crippen molar-refractivity contribution in [2.24, 2.45) is 0 Å². The van der Waals surface area contributed by atoms with E-state index in [1.807, 2.05) is 60.7 Å². The van der Waals surface area contributed by atoms with Crippen LogP contribution in [0.3, 0.4) is 0 Å². The molecule has 9 aromatic rings. The molecule has 9 rings (SSSR count). The zero-order valence-electron chi connectivity index (χ0n) is 24.1. The van der Waals surface area contributed by atoms with E-state index in [0.717, 1.165) is 48.9 Å². The number of pyridine rings is 1. The number of hydrogen-bond donors (Lipinski definition) is 0. The van der Waals surface area contributed by atoms with Crippen molar-refractivity contribution in [1.29, 1.82) is 0 Å². The monoisotopic (exact) mass is 592 g/mol. The van der Waals surface area contributed by atoms with Crippen molar-refractivity contribution in [3.05, 3.63) is 146 Å². The van der Waals surface area contributed by atoms with Gasteiger partial charge in [0, 0.05) is 53.2 Å². The summed E-state index contributed by atoms with van der Waals surface area (Å²) >= 11 is 1.78. The van der Waals surface area contributed by atoms with E-state index in [1.54, 1.807) is 11.3 Å². The van der Waals surface area contributed by atoms with E-state index in [-0.39, 0.29) is 0 Å². The summed E-state index contributed by atoms with van der Waals surface area (Å²) in [6, 6.07) is 50.3. The smallest absolute Gasteiger partial charge is 0.165 e. The van der Waals surface area contributed by atoms with Crippen molar-refractivity contribution in [1.82, 2.24) is 19.9 Å². The summed E-state index contributed by atoms with van der Waals surface area (Å²) in [7, 11) is 0. The molecule has 6 aromatic carbocycles. The van der Waals surface area contributed by atoms with Crippen LogP contribution in [0.15, 0.2) is 146 Å². The number of thiophene rings is 1. The molecule has 0 unspecified atom stereocenters. The number of fused-ring (bicyclic) bond motifs is 6. The summed E-state index contributed by atoms with van der Waals surface area (Å²) in [6.07, 6.45) is 0. The van der Waals surface area contributed by atoms with Gasteiger partial charge in [0.15, 0.2) is 17.5 Å². The average molecular weight is 593 g/mol. The van der Waals surface area contributed by atoms with Crippen LogP contribution in [-0.2, 0) is 0 Å². The number of para-hydroxylation sites is 1. The molecular formula is C40H24N4S. The van der Waals surface area contributed by atoms with E-state index in [9.17, 15) is 0 Å². The Bertz CT molecular complexity index is 2480. The second kappa shape index (κ2) is 10.4. The fraction of sp³-hybridized carbons (Fsp3) is 0. The molecular weight excluding hydrogens is 569 g/mol. The Labute approximate surface area is 263 Å². The molecule has 4 nitrogen and oxygen atoms in total. The van der Waals surface area contributed by atoms with Gasteiger partial charge in [0.05, 0.1) is 11.2 Å². The number of aromatic nitrogens is 4. The molecule has 45 heavy (non-hydrogen) atoms. The largest absolute Gasteiger partial charge is 0.247 e. The molecule has 0 spiro atoms. The molecule has 3 heterocycles. The van der Waals surface area contributed by atoms with Crippen molar-refractivity contribution in [2.45, 2.75) is 0 Å². The first-order valence-corrected chi connectivity index (χ1v) is 15.7. The van der Waals surface area contributed by atoms with Gasteiger partial charge in [-0.3, -0.25) is 0 Å². The van der Waals surface area contributed by atoms with E-state index in [2.05, 4.69) is 84.9 Å². The first-order valence-electron chi connectivity index (χ1n) is 14.9. The van der Waals surface area contributed by atoms with Crippen LogP contribution in [0.25, 0.3) is 87.3 Å². The zero-order valence-corrected chi connectivity index (χ0v) is 24.9. The minimum atomic E-state index is 0.645. The van der Waals surface area contributed by atoms with Gasteiger partial charge in [-0.05, 0) is 29.7 Å². The second-order valence-corrected chi connectivity index (χ2v) is 12.1. The molecule has 0 radical (unpaired) electrons. The second-order valence-electron chi connectivity index (χ2n) is 11.1. The lowest BCUT2D eigenvalue weighted by Crippen LogP contribution is -2.00. The predicted molar refractivity (Wildman–Crippen MR) is 187 cm³/mol. The molecule has 0 bridgehead atoms. The third-order valence-electron chi connectivity index (χ3n) is 8.30. The summed E-state index contributed by atoms with van der Waals surface area (Å²) in [6.45, 7) is 0. The van der Waals surface area contributed by atoms with Gasteiger partial charge in [-0.25, -0.2) is 19.9 Å². The Morgan fingerprint density at radius 3 is 1.64 bits per heavy atom. The third-order valence-corrected chi connectivity index (χ3v) is 9.52. The lowest BCUT2D eigenvalue weighted by atomic mass is 9.97. The molecule has 0 aliphatic rings. The Morgan fingerprint density at radius 2 is 0.933 bits per heavy atom. The van der Waals surface area contributed by atoms with Gasteiger partial charge in [0.25, 0.3) is 0 Å². The van der Waals surface area contributed by atoms with Crippen molar-refractivity contribution < 1.29 is 0 Å². The van der Waals surface area contributed by atoms with Crippen LogP contribution < -0.4 is 0 Å². The van der Waals surface area contributed by atoms with Crippen molar-refractivity contribution in [3.63, 3.8) is 0 Å². The maximum Gasteiger partial charge on any atom is 0.165 e. The highest BCUT2D eigenvalue weighted by Crippen LogP contribution is 2.43. The molecule has 0 atom stereocenters. The fourth-order valence-corrected chi connectivity index (χ4v) is 7.38. The molecule has 5 heteroatoms. The van der Waals surface area contributed by atoms with Crippen LogP contribution in [-0.4, -0.2) is 19.9 Å². The molecule has 0 aliphatic heterocycles. The van der Waals surface area contributed by atoms with Crippen LogP contribution in [0.1, 0.15) is 0 Å². The topological polar surface area (TPSA) is 51.6 Å². The van der Waals surface area contributed by atoms with Crippen LogP contribution in [0.4, 0.5) is 0 Å². The number of benzene rings is 6. The van der Waals surface area contributed by atoms with Crippen LogP contribution in [0, 0.1) is 0 Å². The maximum absolute atomic E-state index is 5.26. The van der Waals surface area contributed by atoms with E-state index in [4.69, 9.17) is 19.9 Å². The fourth-order valence-electron chi connectivity index (χ4n) is 6.18. The molecule has 0 saturated carbocycles. The van der Waals surface area contributed by atoms with E-state index in [1.165, 1.54) is 20.9 Å². The summed E-state index contributed by atoms with van der Waals surface area (Å²) in [4.78, 5) is 20.5. The summed E-state index contributed by atoms with van der Waals surface area (Å²) < 4.78 is 2.37. The summed E-state index contributed by atoms with van der Waals surface area (Å²) in [5, 5.41) is 5.84. The lowest BCUT2D eigenvalue weighted by molar-refractivity contribution is 1.08. The summed E-state index contributed by atoms with van der Waals surface area (Å²) in [5.74, 6) is 1.94. The van der Waals surface area contributed by atoms with E-state index < -0.39 is 0 Å². The third kappa shape index (κ3) is 4.36. The maximum atomic E-state index is 5.26. The molecule has 3 aromatic heterocycles. The normalized spacial score (nSPS) is 11.6. The van der Waals surface area contributed by atoms with Crippen molar-refractivity contribution in [3.8, 4) is 45.4 Å². The Kier molecular flexibility index (Phi) is 5.96. The standard InChI is InChI=1S/C40H24N4S/c1-3-13-25(14-4-1)38-42-39(26-15-5-2-6-16-26)44-40(43-38)33-24-27(23-32-30-19-10-12-22-35(30)45-37(32)33)36-31-20-8-7-17-28(31)29-18-9-11-21-34(29)41-36/h1-24H. The highest BCUT2D eigenvalue weighted by Gasteiger charge is 2.20. The summed E-state index contributed by atoms with van der Waals surface area (Å²) in [5.41, 5.74) is 5.82. The van der Waals surface area contributed by atoms with Crippen molar-refractivity contribution in [2.75, 3.05) is 0 Å². The number of nitrogens with zero attached hydrogens (tertiary/aromatic N) is 4. The average Bonchev–Trinajstić information content (AvgIpc) is 3.50. The van der Waals surface area contributed by atoms with Gasteiger partial charge in [0.2, 0.25) is 0 Å². The Hall–Kier alpha value is -5.78. The van der Waals surface area contributed by atoms with Crippen molar-refractivity contribution >= 4 is 53.2 Å². The molecule has 0 aliphatic carbocycles. The Morgan fingerprint density at radius 1 is 0.378 bits per heavy atom. The predicted octanol–water partition coefficient (Wildman–Crippen LogP) is 10.6. The molecule has 210 valence electrons. The lowest BCUT2D eigenvalue weighted by Gasteiger charge is -2.13. The number of hydrogen-bond acceptors (Lipinski definition) is 5. The minimum Gasteiger partial charge on any atom is -0.247 e. The SMILES string of the molecule is c1ccc(-c2nc(-c3ccccc3)nc(-c3cc(-c4nc5ccccc5c5ccccc45)cc4c3sc3ccccc34)n2)cc1. The van der Waals surface area contributed by atoms with Gasteiger partial charge >= 0.3 is 0 Å².